The molecule has 10 heteroatoms. The van der Waals surface area contributed by atoms with Crippen molar-refractivity contribution in [1.82, 2.24) is 0 Å². The summed E-state index contributed by atoms with van der Waals surface area (Å²) in [5.74, 6) is -7.95. The highest BCUT2D eigenvalue weighted by atomic mass is 16.4. The van der Waals surface area contributed by atoms with E-state index < -0.39 is 55.0 Å². The summed E-state index contributed by atoms with van der Waals surface area (Å²) in [5, 5.41) is 46.6. The van der Waals surface area contributed by atoms with Crippen LogP contribution in [-0.4, -0.2) is 40.9 Å². The molecule has 0 saturated heterocycles. The van der Waals surface area contributed by atoms with Crippen LogP contribution in [-0.2, 0) is 24.0 Å². The van der Waals surface area contributed by atoms with Crippen LogP contribution in [0.2, 0.25) is 0 Å². The second-order valence-electron chi connectivity index (χ2n) is 2.99. The Morgan fingerprint density at radius 2 is 1.32 bits per heavy atom. The van der Waals surface area contributed by atoms with Crippen LogP contribution in [0.15, 0.2) is 0 Å². The Morgan fingerprint density at radius 3 is 1.53 bits per heavy atom. The summed E-state index contributed by atoms with van der Waals surface area (Å²) < 4.78 is 0. The Hall–Kier alpha value is -2.49. The zero-order chi connectivity index (χ0) is 15.6. The molecule has 19 heavy (non-hydrogen) atoms. The minimum atomic E-state index is -1.96. The summed E-state index contributed by atoms with van der Waals surface area (Å²) in [4.78, 5) is 48.5. The Kier molecular flexibility index (Phi) is 9.46. The normalized spacial score (nSPS) is 10.6. The van der Waals surface area contributed by atoms with Crippen LogP contribution < -0.4 is 20.4 Å². The van der Waals surface area contributed by atoms with Gasteiger partial charge in [-0.2, -0.15) is 0 Å². The van der Waals surface area contributed by atoms with E-state index in [1.807, 2.05) is 0 Å². The first-order valence-corrected chi connectivity index (χ1v) is 4.60. The predicted molar refractivity (Wildman–Crippen MR) is 44.9 cm³/mol. The highest BCUT2D eigenvalue weighted by Gasteiger charge is 2.03. The van der Waals surface area contributed by atoms with Crippen molar-refractivity contribution in [3.8, 4) is 0 Å². The molecule has 0 aromatic heterocycles. The van der Waals surface area contributed by atoms with Gasteiger partial charge in [0.1, 0.15) is 5.97 Å². The molecule has 1 atom stereocenters. The van der Waals surface area contributed by atoms with Crippen molar-refractivity contribution in [2.24, 2.45) is 0 Å². The van der Waals surface area contributed by atoms with Crippen molar-refractivity contribution in [3.05, 3.63) is 0 Å². The number of carbonyl (C=O) groups excluding carboxylic acids is 5. The third-order valence-electron chi connectivity index (χ3n) is 1.42. The van der Waals surface area contributed by atoms with E-state index in [9.17, 15) is 44.4 Å². The zero-order valence-electron chi connectivity index (χ0n) is 9.32. The molecule has 0 aliphatic rings. The van der Waals surface area contributed by atoms with Gasteiger partial charge >= 0.3 is 0 Å². The van der Waals surface area contributed by atoms with Crippen molar-refractivity contribution in [1.29, 1.82) is 0 Å². The number of aliphatic carboxylic acids is 4. The summed E-state index contributed by atoms with van der Waals surface area (Å²) in [5.41, 5.74) is 0. The van der Waals surface area contributed by atoms with Gasteiger partial charge in [0.15, 0.2) is 5.78 Å². The number of Topliss-reactive ketones (excluding diaryl/α,β-unsaturated/α-hetero) is 1. The first-order chi connectivity index (χ1) is 8.57. The number of aliphatic hydroxyl groups is 1. The molecule has 0 aromatic carbocycles. The van der Waals surface area contributed by atoms with E-state index in [1.165, 1.54) is 0 Å². The van der Waals surface area contributed by atoms with E-state index in [4.69, 9.17) is 5.11 Å². The number of aliphatic hydroxyl groups excluding tert-OH is 1. The van der Waals surface area contributed by atoms with Crippen molar-refractivity contribution < 1.29 is 49.5 Å². The van der Waals surface area contributed by atoms with Crippen molar-refractivity contribution in [3.63, 3.8) is 0 Å². The highest BCUT2D eigenvalue weighted by molar-refractivity contribution is 6.31. The summed E-state index contributed by atoms with van der Waals surface area (Å²) in [6.07, 6.45) is -4.03. The molecule has 0 spiro atoms. The summed E-state index contributed by atoms with van der Waals surface area (Å²) in [7, 11) is 0. The maximum atomic E-state index is 10.1. The fourth-order valence-electron chi connectivity index (χ4n) is 0.559. The van der Waals surface area contributed by atoms with Crippen LogP contribution in [0.4, 0.5) is 0 Å². The molecule has 0 saturated carbocycles. The second-order valence-corrected chi connectivity index (χ2v) is 2.99. The fourth-order valence-corrected chi connectivity index (χ4v) is 0.559. The van der Waals surface area contributed by atoms with Gasteiger partial charge in [0.25, 0.3) is 0 Å². The molecule has 1 unspecified atom stereocenters. The van der Waals surface area contributed by atoms with E-state index in [0.717, 1.165) is 0 Å². The largest absolute Gasteiger partial charge is 0.550 e. The fraction of sp³-hybridized carbons (Fsp3) is 0.444. The van der Waals surface area contributed by atoms with Crippen molar-refractivity contribution in [2.75, 3.05) is 0 Å². The SMILES string of the molecule is O=C([O-])CC(O)C(=O)[O-].O=C([O-])CCC(=O)C(=O)[O-]. The number of hydrogen-bond acceptors (Lipinski definition) is 10. The molecule has 0 aliphatic heterocycles. The number of carboxylic acid groups (broad SMARTS) is 4. The van der Waals surface area contributed by atoms with E-state index >= 15 is 0 Å². The third-order valence-corrected chi connectivity index (χ3v) is 1.42. The number of rotatable bonds is 7. The van der Waals surface area contributed by atoms with E-state index in [0.29, 0.717) is 0 Å². The Balaban J connectivity index is 0. The number of hydrogen-bond donors (Lipinski definition) is 1. The van der Waals surface area contributed by atoms with Crippen molar-refractivity contribution >= 4 is 29.7 Å². The van der Waals surface area contributed by atoms with Crippen LogP contribution in [0.3, 0.4) is 0 Å². The molecule has 0 rings (SSSR count). The van der Waals surface area contributed by atoms with E-state index in [-0.39, 0.29) is 0 Å². The molecule has 0 aliphatic carbocycles. The van der Waals surface area contributed by atoms with Crippen molar-refractivity contribution in [2.45, 2.75) is 25.4 Å². The monoisotopic (exact) mass is 276 g/mol. The molecule has 1 N–H and O–H groups in total. The molecular weight excluding hydrogens is 268 g/mol. The molecule has 0 radical (unpaired) electrons. The van der Waals surface area contributed by atoms with Crippen LogP contribution in [0.25, 0.3) is 0 Å². The topological polar surface area (TPSA) is 198 Å². The molecule has 108 valence electrons. The molecule has 0 aromatic rings. The zero-order valence-corrected chi connectivity index (χ0v) is 9.32. The van der Waals surface area contributed by atoms with Crippen LogP contribution >= 0.6 is 0 Å². The molecule has 0 amide bonds. The van der Waals surface area contributed by atoms with Gasteiger partial charge in [-0.25, -0.2) is 0 Å². The maximum absolute atomic E-state index is 10.1. The van der Waals surface area contributed by atoms with Gasteiger partial charge in [-0.05, 0) is 6.42 Å². The van der Waals surface area contributed by atoms with E-state index in [1.54, 1.807) is 0 Å². The second kappa shape index (κ2) is 9.53. The summed E-state index contributed by atoms with van der Waals surface area (Å²) in [6.45, 7) is 0. The average Bonchev–Trinajstić information content (AvgIpc) is 2.25. The lowest BCUT2D eigenvalue weighted by Crippen LogP contribution is -2.39. The lowest BCUT2D eigenvalue weighted by molar-refractivity contribution is -0.323. The lowest BCUT2D eigenvalue weighted by Gasteiger charge is -2.10. The van der Waals surface area contributed by atoms with Gasteiger partial charge in [0.2, 0.25) is 0 Å². The Morgan fingerprint density at radius 1 is 0.842 bits per heavy atom. The smallest absolute Gasteiger partial charge is 0.178 e. The Labute approximate surface area is 105 Å². The van der Waals surface area contributed by atoms with Crippen LogP contribution in [0, 0.1) is 0 Å². The first-order valence-electron chi connectivity index (χ1n) is 4.60. The Bertz CT molecular complexity index is 371. The molecular formula is C9H8O10-4. The van der Waals surface area contributed by atoms with Gasteiger partial charge in [-0.1, -0.05) is 0 Å². The predicted octanol–water partition coefficient (Wildman–Crippen LogP) is -6.93. The third kappa shape index (κ3) is 13.4. The minimum Gasteiger partial charge on any atom is -0.550 e. The minimum absolute atomic E-state index is 0.565. The summed E-state index contributed by atoms with van der Waals surface area (Å²) >= 11 is 0. The lowest BCUT2D eigenvalue weighted by atomic mass is 10.2. The molecule has 0 heterocycles. The average molecular weight is 276 g/mol. The maximum Gasteiger partial charge on any atom is 0.178 e. The van der Waals surface area contributed by atoms with Gasteiger partial charge < -0.3 is 44.7 Å². The van der Waals surface area contributed by atoms with Gasteiger partial charge in [-0.3, -0.25) is 4.79 Å². The number of carbonyl (C=O) groups is 5. The van der Waals surface area contributed by atoms with Crippen LogP contribution in [0.1, 0.15) is 19.3 Å². The number of ketones is 1. The van der Waals surface area contributed by atoms with Crippen LogP contribution in [0.5, 0.6) is 0 Å². The van der Waals surface area contributed by atoms with Gasteiger partial charge in [0.05, 0.1) is 12.1 Å². The first kappa shape index (κ1) is 18.9. The summed E-state index contributed by atoms with van der Waals surface area (Å²) in [6, 6.07) is 0. The number of carboxylic acids is 4. The molecule has 0 fully saturated rings. The highest BCUT2D eigenvalue weighted by Crippen LogP contribution is 1.87. The van der Waals surface area contributed by atoms with Gasteiger partial charge in [0, 0.05) is 24.8 Å². The quantitative estimate of drug-likeness (QED) is 0.435. The standard InChI is InChI=1S/C5H6O5.C4H6O5/c6-3(5(9)10)1-2-4(7)8;5-2(4(8)9)1-3(6)7/h1-2H2,(H,7,8)(H,9,10);2,5H,1H2,(H,6,7)(H,8,9)/p-4. The van der Waals surface area contributed by atoms with E-state index in [2.05, 4.69) is 0 Å². The molecule has 0 bridgehead atoms. The molecule has 10 nitrogen and oxygen atoms in total. The van der Waals surface area contributed by atoms with Gasteiger partial charge in [-0.15, -0.1) is 0 Å².